The Labute approximate surface area is 388 Å². The van der Waals surface area contributed by atoms with Gasteiger partial charge in [0.25, 0.3) is 0 Å². The Balaban J connectivity index is 1.27. The second-order valence-corrected chi connectivity index (χ2v) is 19.8. The Bertz CT molecular complexity index is 2240. The molecule has 2 aliphatic rings. The Morgan fingerprint density at radius 1 is 0.297 bits per heavy atom. The molecule has 4 aromatic carbocycles. The smallest absolute Gasteiger partial charge is 0.0971 e. The van der Waals surface area contributed by atoms with Crippen molar-refractivity contribution in [2.24, 2.45) is 0 Å². The predicted molar refractivity (Wildman–Crippen MR) is 276 cm³/mol. The minimum atomic E-state index is -0.0198. The average molecular weight is 851 g/mol. The fourth-order valence-electron chi connectivity index (χ4n) is 12.5. The minimum absolute atomic E-state index is 0.0198. The number of nitrogens with zero attached hydrogens (tertiary/aromatic N) is 2. The van der Waals surface area contributed by atoms with E-state index in [2.05, 4.69) is 137 Å². The zero-order valence-corrected chi connectivity index (χ0v) is 40.3. The van der Waals surface area contributed by atoms with Crippen LogP contribution < -0.4 is 0 Å². The van der Waals surface area contributed by atoms with Crippen LogP contribution in [-0.4, -0.2) is 9.97 Å². The first-order valence-corrected chi connectivity index (χ1v) is 26.3. The Kier molecular flexibility index (Phi) is 15.9. The van der Waals surface area contributed by atoms with Crippen molar-refractivity contribution in [1.29, 1.82) is 0 Å². The van der Waals surface area contributed by atoms with E-state index < -0.39 is 0 Å². The summed E-state index contributed by atoms with van der Waals surface area (Å²) in [6.07, 6.45) is 35.0. The molecule has 0 spiro atoms. The molecule has 2 heteroatoms. The van der Waals surface area contributed by atoms with Crippen molar-refractivity contribution < 1.29 is 0 Å². The standard InChI is InChI=1S/C62H78N2/c1-5-9-13-17-25-41-61(42-26-18-14-10-6-2)55-37-23-21-31-47(55)49-33-29-35-51(57(49)61)53-39-45-64-60-54(40-46-63-59(53)60)52-36-30-34-50-48-32-22-24-38-56(48)62(58(50)52,43-27-19-15-11-7-3)44-28-20-16-12-8-4/h21-24,29-40,45-46H,5-20,25-28,41-44H2,1-4H3. The van der Waals surface area contributed by atoms with Crippen LogP contribution >= 0.6 is 0 Å². The van der Waals surface area contributed by atoms with Crippen LogP contribution in [0.15, 0.2) is 109 Å². The number of hydrogen-bond donors (Lipinski definition) is 0. The van der Waals surface area contributed by atoms with Crippen LogP contribution in [0.3, 0.4) is 0 Å². The van der Waals surface area contributed by atoms with Gasteiger partial charge in [-0.2, -0.15) is 0 Å². The van der Waals surface area contributed by atoms with Crippen LogP contribution in [0.2, 0.25) is 0 Å². The van der Waals surface area contributed by atoms with Gasteiger partial charge in [0, 0.05) is 34.4 Å². The quantitative estimate of drug-likeness (QED) is 0.0508. The number of hydrogen-bond acceptors (Lipinski definition) is 2. The molecule has 0 amide bonds. The fourth-order valence-corrected chi connectivity index (χ4v) is 12.5. The summed E-state index contributed by atoms with van der Waals surface area (Å²) >= 11 is 0. The molecule has 0 saturated carbocycles. The molecule has 6 aromatic rings. The van der Waals surface area contributed by atoms with Crippen molar-refractivity contribution in [3.8, 4) is 44.5 Å². The lowest BCUT2D eigenvalue weighted by atomic mass is 9.68. The molecule has 8 rings (SSSR count). The van der Waals surface area contributed by atoms with E-state index in [0.29, 0.717) is 0 Å². The van der Waals surface area contributed by atoms with Crippen molar-refractivity contribution in [2.45, 2.75) is 193 Å². The maximum absolute atomic E-state index is 5.32. The predicted octanol–water partition coefficient (Wildman–Crippen LogP) is 18.9. The highest BCUT2D eigenvalue weighted by atomic mass is 14.7. The molecule has 0 saturated heterocycles. The summed E-state index contributed by atoms with van der Waals surface area (Å²) in [6, 6.07) is 37.8. The molecule has 336 valence electrons. The highest BCUT2D eigenvalue weighted by molar-refractivity contribution is 6.03. The number of benzene rings is 4. The van der Waals surface area contributed by atoms with Gasteiger partial charge in [0.1, 0.15) is 0 Å². The molecule has 0 unspecified atom stereocenters. The maximum Gasteiger partial charge on any atom is 0.0971 e. The summed E-state index contributed by atoms with van der Waals surface area (Å²) in [4.78, 5) is 10.6. The van der Waals surface area contributed by atoms with Crippen molar-refractivity contribution >= 4 is 11.0 Å². The summed E-state index contributed by atoms with van der Waals surface area (Å²) in [7, 11) is 0. The lowest BCUT2D eigenvalue weighted by Gasteiger charge is -2.35. The van der Waals surface area contributed by atoms with Crippen molar-refractivity contribution in [2.75, 3.05) is 0 Å². The third-order valence-electron chi connectivity index (χ3n) is 15.6. The van der Waals surface area contributed by atoms with Gasteiger partial charge in [0.05, 0.1) is 11.0 Å². The lowest BCUT2D eigenvalue weighted by Crippen LogP contribution is -2.26. The Morgan fingerprint density at radius 3 is 0.938 bits per heavy atom. The fraction of sp³-hybridized carbons (Fsp3) is 0.484. The summed E-state index contributed by atoms with van der Waals surface area (Å²) in [6.45, 7) is 9.32. The lowest BCUT2D eigenvalue weighted by molar-refractivity contribution is 0.399. The third-order valence-corrected chi connectivity index (χ3v) is 15.6. The van der Waals surface area contributed by atoms with E-state index >= 15 is 0 Å². The molecule has 64 heavy (non-hydrogen) atoms. The van der Waals surface area contributed by atoms with Gasteiger partial charge >= 0.3 is 0 Å². The number of fused-ring (bicyclic) bond motifs is 7. The molecule has 0 radical (unpaired) electrons. The van der Waals surface area contributed by atoms with E-state index in [-0.39, 0.29) is 10.8 Å². The van der Waals surface area contributed by atoms with Crippen LogP contribution in [0.25, 0.3) is 55.5 Å². The largest absolute Gasteiger partial charge is 0.254 e. The van der Waals surface area contributed by atoms with E-state index in [4.69, 9.17) is 9.97 Å². The van der Waals surface area contributed by atoms with Crippen molar-refractivity contribution in [1.82, 2.24) is 9.97 Å². The van der Waals surface area contributed by atoms with Gasteiger partial charge in [-0.25, -0.2) is 0 Å². The van der Waals surface area contributed by atoms with Gasteiger partial charge in [0.15, 0.2) is 0 Å². The van der Waals surface area contributed by atoms with Gasteiger partial charge < -0.3 is 0 Å². The first kappa shape index (κ1) is 46.0. The van der Waals surface area contributed by atoms with Crippen molar-refractivity contribution in [3.05, 3.63) is 132 Å². The van der Waals surface area contributed by atoms with Crippen LogP contribution in [0.5, 0.6) is 0 Å². The van der Waals surface area contributed by atoms with E-state index in [9.17, 15) is 0 Å². The van der Waals surface area contributed by atoms with Crippen molar-refractivity contribution in [3.63, 3.8) is 0 Å². The molecule has 2 heterocycles. The van der Waals surface area contributed by atoms with Gasteiger partial charge in [-0.1, -0.05) is 241 Å². The summed E-state index contributed by atoms with van der Waals surface area (Å²) in [5, 5.41) is 0. The van der Waals surface area contributed by atoms with Crippen LogP contribution in [0.1, 0.15) is 204 Å². The topological polar surface area (TPSA) is 25.8 Å². The molecule has 2 aromatic heterocycles. The highest BCUT2D eigenvalue weighted by Crippen LogP contribution is 2.59. The molecule has 2 aliphatic carbocycles. The summed E-state index contributed by atoms with van der Waals surface area (Å²) in [5.41, 5.74) is 19.1. The van der Waals surface area contributed by atoms with E-state index in [1.165, 1.54) is 199 Å². The molecular formula is C62H78N2. The van der Waals surface area contributed by atoms with E-state index in [1.54, 1.807) is 22.3 Å². The second-order valence-electron chi connectivity index (χ2n) is 19.8. The van der Waals surface area contributed by atoms with E-state index in [1.807, 2.05) is 0 Å². The minimum Gasteiger partial charge on any atom is -0.254 e. The Morgan fingerprint density at radius 2 is 0.594 bits per heavy atom. The van der Waals surface area contributed by atoms with Crippen LogP contribution in [0.4, 0.5) is 0 Å². The van der Waals surface area contributed by atoms with Gasteiger partial charge in [0.2, 0.25) is 0 Å². The second kappa shape index (κ2) is 22.1. The molecule has 0 aliphatic heterocycles. The molecular weight excluding hydrogens is 773 g/mol. The Hall–Kier alpha value is -4.56. The number of pyridine rings is 2. The maximum atomic E-state index is 5.32. The summed E-state index contributed by atoms with van der Waals surface area (Å²) < 4.78 is 0. The summed E-state index contributed by atoms with van der Waals surface area (Å²) in [5.74, 6) is 0. The third kappa shape index (κ3) is 9.15. The highest BCUT2D eigenvalue weighted by Gasteiger charge is 2.45. The molecule has 0 atom stereocenters. The zero-order valence-electron chi connectivity index (χ0n) is 40.3. The normalized spacial score (nSPS) is 14.1. The number of rotatable bonds is 26. The monoisotopic (exact) mass is 851 g/mol. The molecule has 2 nitrogen and oxygen atoms in total. The first-order valence-electron chi connectivity index (χ1n) is 26.3. The van der Waals surface area contributed by atoms with Gasteiger partial charge in [-0.3, -0.25) is 9.97 Å². The van der Waals surface area contributed by atoms with Crippen LogP contribution in [0, 0.1) is 0 Å². The SMILES string of the molecule is CCCCCCCC1(CCCCCCC)c2ccccc2-c2cccc(-c3ccnc4c(-c5cccc6c5C(CCCCCCC)(CCCCCCC)c5ccccc5-6)ccnc34)c21. The zero-order chi connectivity index (χ0) is 44.2. The first-order chi connectivity index (χ1) is 31.6. The van der Waals surface area contributed by atoms with Crippen LogP contribution in [-0.2, 0) is 10.8 Å². The van der Waals surface area contributed by atoms with Gasteiger partial charge in [-0.05, 0) is 93.5 Å². The number of aromatic nitrogens is 2. The number of unbranched alkanes of at least 4 members (excludes halogenated alkanes) is 16. The van der Waals surface area contributed by atoms with E-state index in [0.717, 1.165) is 11.0 Å². The van der Waals surface area contributed by atoms with Gasteiger partial charge in [-0.15, -0.1) is 0 Å². The molecule has 0 fully saturated rings. The molecule has 0 bridgehead atoms. The molecule has 0 N–H and O–H groups in total. The average Bonchev–Trinajstić information content (AvgIpc) is 3.78.